The van der Waals surface area contributed by atoms with Gasteiger partial charge in [0, 0.05) is 6.04 Å². The number of anilines is 1. The van der Waals surface area contributed by atoms with Crippen LogP contribution in [0.15, 0.2) is 6.20 Å². The van der Waals surface area contributed by atoms with Gasteiger partial charge in [0.15, 0.2) is 6.04 Å². The van der Waals surface area contributed by atoms with Crippen LogP contribution in [0.4, 0.5) is 19.0 Å². The first-order chi connectivity index (χ1) is 8.34. The average molecular weight is 263 g/mol. The van der Waals surface area contributed by atoms with Gasteiger partial charge >= 0.3 is 6.18 Å². The maximum atomic E-state index is 12.9. The molecule has 1 aromatic heterocycles. The maximum absolute atomic E-state index is 12.9. The van der Waals surface area contributed by atoms with E-state index in [1.54, 1.807) is 6.92 Å². The fraction of sp³-hybridized carbons (Fsp3) is 0.556. The minimum Gasteiger partial charge on any atom is -0.367 e. The van der Waals surface area contributed by atoms with E-state index in [0.29, 0.717) is 0 Å². The lowest BCUT2D eigenvalue weighted by Gasteiger charge is -2.31. The Bertz CT molecular complexity index is 469. The molecule has 0 saturated carbocycles. The molecule has 0 spiro atoms. The molecular weight excluding hydrogens is 251 g/mol. The Balaban J connectivity index is 2.46. The van der Waals surface area contributed by atoms with Crippen LogP contribution in [0.2, 0.25) is 0 Å². The van der Waals surface area contributed by atoms with E-state index in [9.17, 15) is 18.0 Å². The van der Waals surface area contributed by atoms with Crippen LogP contribution in [0, 0.1) is 0 Å². The van der Waals surface area contributed by atoms with Crippen molar-refractivity contribution in [3.63, 3.8) is 0 Å². The molecule has 2 atom stereocenters. The lowest BCUT2D eigenvalue weighted by molar-refractivity contribution is -0.173. The Morgan fingerprint density at radius 2 is 2.33 bits per heavy atom. The van der Waals surface area contributed by atoms with Gasteiger partial charge in [0.25, 0.3) is 5.91 Å². The second-order valence-corrected chi connectivity index (χ2v) is 4.16. The van der Waals surface area contributed by atoms with Crippen LogP contribution in [-0.2, 0) is 0 Å². The number of nitrogens with one attached hydrogen (secondary N) is 2. The van der Waals surface area contributed by atoms with Crippen molar-refractivity contribution < 1.29 is 18.0 Å². The Morgan fingerprint density at radius 3 is 2.89 bits per heavy atom. The van der Waals surface area contributed by atoms with E-state index in [-0.39, 0.29) is 17.8 Å². The van der Waals surface area contributed by atoms with Gasteiger partial charge in [-0.1, -0.05) is 0 Å². The molecule has 18 heavy (non-hydrogen) atoms. The highest BCUT2D eigenvalue weighted by atomic mass is 19.4. The van der Waals surface area contributed by atoms with Crippen molar-refractivity contribution in [1.29, 1.82) is 0 Å². The minimum absolute atomic E-state index is 0.00157. The Labute approximate surface area is 100 Å². The summed E-state index contributed by atoms with van der Waals surface area (Å²) in [5.41, 5.74) is 1.87. The summed E-state index contributed by atoms with van der Waals surface area (Å²) < 4.78 is 39.4. The summed E-state index contributed by atoms with van der Waals surface area (Å²) in [4.78, 5) is 11.4. The normalized spacial score (nSPS) is 23.2. The molecule has 6 nitrogen and oxygen atoms in total. The van der Waals surface area contributed by atoms with E-state index in [4.69, 9.17) is 5.84 Å². The first kappa shape index (κ1) is 12.7. The molecule has 0 radical (unpaired) electrons. The molecule has 0 fully saturated rings. The number of hydrogen-bond acceptors (Lipinski definition) is 4. The van der Waals surface area contributed by atoms with Crippen LogP contribution in [0.5, 0.6) is 0 Å². The van der Waals surface area contributed by atoms with Crippen LogP contribution < -0.4 is 16.6 Å². The standard InChI is InChI=1S/C9H12F3N5O/c1-4-2-6(9(10,11)12)17-7(15-4)5(3-14-17)8(18)16-13/h3-4,6,15H,2,13H2,1H3,(H,16,18)/t4-,6+/m1/s1. The zero-order chi connectivity index (χ0) is 13.5. The summed E-state index contributed by atoms with van der Waals surface area (Å²) in [5.74, 6) is 4.32. The van der Waals surface area contributed by atoms with E-state index in [2.05, 4.69) is 10.4 Å². The van der Waals surface area contributed by atoms with Gasteiger partial charge in [-0.05, 0) is 13.3 Å². The summed E-state index contributed by atoms with van der Waals surface area (Å²) in [6.07, 6.45) is -3.48. The van der Waals surface area contributed by atoms with Gasteiger partial charge < -0.3 is 5.32 Å². The number of fused-ring (bicyclic) bond motifs is 1. The number of alkyl halides is 3. The number of nitrogen functional groups attached to an aromatic ring is 1. The molecule has 0 aliphatic carbocycles. The Kier molecular flexibility index (Phi) is 2.93. The number of amides is 1. The van der Waals surface area contributed by atoms with E-state index in [1.165, 1.54) is 0 Å². The number of nitrogens with zero attached hydrogens (tertiary/aromatic N) is 2. The van der Waals surface area contributed by atoms with Gasteiger partial charge in [-0.2, -0.15) is 18.3 Å². The van der Waals surface area contributed by atoms with Gasteiger partial charge in [0.1, 0.15) is 11.4 Å². The fourth-order valence-corrected chi connectivity index (χ4v) is 1.99. The molecular formula is C9H12F3N5O. The summed E-state index contributed by atoms with van der Waals surface area (Å²) in [7, 11) is 0. The van der Waals surface area contributed by atoms with Crippen LogP contribution >= 0.6 is 0 Å². The van der Waals surface area contributed by atoms with Gasteiger partial charge in [-0.25, -0.2) is 10.5 Å². The first-order valence-electron chi connectivity index (χ1n) is 5.26. The van der Waals surface area contributed by atoms with Crippen LogP contribution in [0.1, 0.15) is 29.7 Å². The van der Waals surface area contributed by atoms with Gasteiger partial charge in [-0.15, -0.1) is 0 Å². The monoisotopic (exact) mass is 263 g/mol. The second-order valence-electron chi connectivity index (χ2n) is 4.16. The van der Waals surface area contributed by atoms with E-state index < -0.39 is 24.2 Å². The van der Waals surface area contributed by atoms with Gasteiger partial charge in [-0.3, -0.25) is 10.2 Å². The SMILES string of the molecule is C[C@@H]1C[C@@H](C(F)(F)F)n2ncc(C(=O)NN)c2N1. The van der Waals surface area contributed by atoms with E-state index >= 15 is 0 Å². The Morgan fingerprint density at radius 1 is 1.67 bits per heavy atom. The fourth-order valence-electron chi connectivity index (χ4n) is 1.99. The van der Waals surface area contributed by atoms with E-state index in [1.807, 2.05) is 5.43 Å². The number of nitrogens with two attached hydrogens (primary N) is 1. The predicted octanol–water partition coefficient (Wildman–Crippen LogP) is 0.794. The largest absolute Gasteiger partial charge is 0.410 e. The van der Waals surface area contributed by atoms with Crippen LogP contribution in [-0.4, -0.2) is 27.9 Å². The summed E-state index contributed by atoms with van der Waals surface area (Å²) in [6, 6.07) is -2.15. The zero-order valence-corrected chi connectivity index (χ0v) is 9.45. The highest BCUT2D eigenvalue weighted by Crippen LogP contribution is 2.39. The van der Waals surface area contributed by atoms with Crippen molar-refractivity contribution >= 4 is 11.7 Å². The molecule has 2 heterocycles. The van der Waals surface area contributed by atoms with Crippen molar-refractivity contribution in [2.24, 2.45) is 5.84 Å². The van der Waals surface area contributed by atoms with Crippen molar-refractivity contribution in [1.82, 2.24) is 15.2 Å². The quantitative estimate of drug-likeness (QED) is 0.397. The van der Waals surface area contributed by atoms with Crippen molar-refractivity contribution in [2.75, 3.05) is 5.32 Å². The number of rotatable bonds is 1. The third-order valence-corrected chi connectivity index (χ3v) is 2.80. The molecule has 2 rings (SSSR count). The number of carbonyl (C=O) groups excluding carboxylic acids is 1. The average Bonchev–Trinajstić information content (AvgIpc) is 2.69. The molecule has 0 saturated heterocycles. The van der Waals surface area contributed by atoms with Crippen molar-refractivity contribution in [3.8, 4) is 0 Å². The number of carbonyl (C=O) groups is 1. The lowest BCUT2D eigenvalue weighted by atomic mass is 10.1. The predicted molar refractivity (Wildman–Crippen MR) is 56.7 cm³/mol. The summed E-state index contributed by atoms with van der Waals surface area (Å²) in [6.45, 7) is 1.61. The molecule has 4 N–H and O–H groups in total. The molecule has 9 heteroatoms. The maximum Gasteiger partial charge on any atom is 0.410 e. The third kappa shape index (κ3) is 2.01. The third-order valence-electron chi connectivity index (χ3n) is 2.80. The lowest BCUT2D eigenvalue weighted by Crippen LogP contribution is -2.39. The highest BCUT2D eigenvalue weighted by Gasteiger charge is 2.46. The number of hydrogen-bond donors (Lipinski definition) is 3. The van der Waals surface area contributed by atoms with E-state index in [0.717, 1.165) is 10.9 Å². The van der Waals surface area contributed by atoms with Crippen molar-refractivity contribution in [3.05, 3.63) is 11.8 Å². The number of hydrazine groups is 1. The molecule has 100 valence electrons. The number of aromatic nitrogens is 2. The molecule has 0 bridgehead atoms. The van der Waals surface area contributed by atoms with Gasteiger partial charge in [0.2, 0.25) is 0 Å². The second kappa shape index (κ2) is 4.16. The molecule has 1 aliphatic rings. The zero-order valence-electron chi connectivity index (χ0n) is 9.45. The topological polar surface area (TPSA) is 85.0 Å². The smallest absolute Gasteiger partial charge is 0.367 e. The summed E-state index contributed by atoms with van der Waals surface area (Å²) in [5, 5.41) is 6.44. The molecule has 0 unspecified atom stereocenters. The Hall–Kier alpha value is -1.77. The van der Waals surface area contributed by atoms with Crippen LogP contribution in [0.3, 0.4) is 0 Å². The first-order valence-corrected chi connectivity index (χ1v) is 5.26. The number of halogens is 3. The molecule has 0 aromatic carbocycles. The molecule has 1 aromatic rings. The minimum atomic E-state index is -4.41. The molecule has 1 aliphatic heterocycles. The van der Waals surface area contributed by atoms with Crippen molar-refractivity contribution in [2.45, 2.75) is 31.6 Å². The molecule has 1 amide bonds. The highest BCUT2D eigenvalue weighted by molar-refractivity contribution is 5.98. The van der Waals surface area contributed by atoms with Crippen LogP contribution in [0.25, 0.3) is 0 Å². The summed E-state index contributed by atoms with van der Waals surface area (Å²) >= 11 is 0. The van der Waals surface area contributed by atoms with Gasteiger partial charge in [0.05, 0.1) is 6.20 Å².